The van der Waals surface area contributed by atoms with E-state index in [0.29, 0.717) is 5.82 Å². The average Bonchev–Trinajstić information content (AvgIpc) is 2.91. The first-order valence-electron chi connectivity index (χ1n) is 5.55. The molecule has 2 aromatic heterocycles. The molecule has 3 rings (SSSR count). The number of benzene rings is 1. The van der Waals surface area contributed by atoms with E-state index in [1.54, 1.807) is 4.52 Å². The Morgan fingerprint density at radius 3 is 2.72 bits per heavy atom. The molecule has 1 aromatic carbocycles. The van der Waals surface area contributed by atoms with Gasteiger partial charge < -0.3 is 5.73 Å². The molecule has 0 saturated carbocycles. The summed E-state index contributed by atoms with van der Waals surface area (Å²) in [6, 6.07) is 7.84. The Hall–Kier alpha value is -1.59. The summed E-state index contributed by atoms with van der Waals surface area (Å²) >= 11 is 7.35. The van der Waals surface area contributed by atoms with Crippen LogP contribution in [0.3, 0.4) is 0 Å². The summed E-state index contributed by atoms with van der Waals surface area (Å²) in [6.07, 6.45) is 1.70. The number of nitrogen functional groups attached to an aromatic ring is 1. The van der Waals surface area contributed by atoms with Gasteiger partial charge in [-0.05, 0) is 24.1 Å². The van der Waals surface area contributed by atoms with Gasteiger partial charge in [0.15, 0.2) is 5.82 Å². The number of rotatable bonds is 3. The van der Waals surface area contributed by atoms with Crippen LogP contribution in [0.1, 0.15) is 11.4 Å². The predicted molar refractivity (Wildman–Crippen MR) is 74.1 cm³/mol. The first-order valence-corrected chi connectivity index (χ1v) is 6.81. The first kappa shape index (κ1) is 11.5. The van der Waals surface area contributed by atoms with Gasteiger partial charge in [0.1, 0.15) is 5.82 Å². The van der Waals surface area contributed by atoms with Crippen molar-refractivity contribution < 1.29 is 0 Å². The third-order valence-electron chi connectivity index (χ3n) is 2.70. The van der Waals surface area contributed by atoms with Gasteiger partial charge in [0.05, 0.1) is 0 Å². The van der Waals surface area contributed by atoms with E-state index in [0.717, 1.165) is 28.6 Å². The standard InChI is InChI=1S/C12H11ClN4S/c13-9-4-1-8(2-5-9)3-6-11-15-12-17(16-11)10(14)7-18-12/h1-2,4-5,7H,3,6,14H2. The van der Waals surface area contributed by atoms with Crippen LogP contribution in [-0.2, 0) is 12.8 Å². The highest BCUT2D eigenvalue weighted by atomic mass is 35.5. The summed E-state index contributed by atoms with van der Waals surface area (Å²) in [5, 5.41) is 6.97. The van der Waals surface area contributed by atoms with Gasteiger partial charge in [0.25, 0.3) is 0 Å². The normalized spacial score (nSPS) is 11.2. The molecule has 18 heavy (non-hydrogen) atoms. The molecule has 0 spiro atoms. The van der Waals surface area contributed by atoms with Crippen LogP contribution in [-0.4, -0.2) is 14.6 Å². The number of aryl methyl sites for hydroxylation is 2. The molecule has 0 aliphatic carbocycles. The lowest BCUT2D eigenvalue weighted by atomic mass is 10.1. The number of hydrogen-bond donors (Lipinski definition) is 1. The lowest BCUT2D eigenvalue weighted by Crippen LogP contribution is -1.96. The van der Waals surface area contributed by atoms with Crippen molar-refractivity contribution in [2.45, 2.75) is 12.8 Å². The smallest absolute Gasteiger partial charge is 0.214 e. The van der Waals surface area contributed by atoms with Crippen LogP contribution in [0, 0.1) is 0 Å². The van der Waals surface area contributed by atoms with Crippen LogP contribution in [0.2, 0.25) is 5.02 Å². The second-order valence-electron chi connectivity index (χ2n) is 4.01. The minimum absolute atomic E-state index is 0.639. The predicted octanol–water partition coefficient (Wildman–Crippen LogP) is 2.81. The fourth-order valence-corrected chi connectivity index (χ4v) is 2.62. The molecule has 0 aliphatic rings. The van der Waals surface area contributed by atoms with Crippen LogP contribution in [0.25, 0.3) is 4.96 Å². The number of aromatic nitrogens is 3. The van der Waals surface area contributed by atoms with Gasteiger partial charge in [-0.2, -0.15) is 4.52 Å². The zero-order chi connectivity index (χ0) is 12.5. The van der Waals surface area contributed by atoms with Crippen LogP contribution in [0.4, 0.5) is 5.82 Å². The summed E-state index contributed by atoms with van der Waals surface area (Å²) < 4.78 is 1.68. The highest BCUT2D eigenvalue weighted by Gasteiger charge is 2.07. The molecule has 0 atom stereocenters. The molecule has 0 saturated heterocycles. The Morgan fingerprint density at radius 2 is 2.00 bits per heavy atom. The summed E-state index contributed by atoms with van der Waals surface area (Å²) in [6.45, 7) is 0. The van der Waals surface area contributed by atoms with Crippen molar-refractivity contribution in [3.8, 4) is 0 Å². The van der Waals surface area contributed by atoms with Gasteiger partial charge >= 0.3 is 0 Å². The monoisotopic (exact) mass is 278 g/mol. The molecular formula is C12H11ClN4S. The number of thiazole rings is 1. The second kappa shape index (κ2) is 4.59. The zero-order valence-electron chi connectivity index (χ0n) is 9.51. The number of nitrogens with zero attached hydrogens (tertiary/aromatic N) is 3. The molecule has 0 radical (unpaired) electrons. The van der Waals surface area contributed by atoms with Gasteiger partial charge in [0, 0.05) is 16.8 Å². The van der Waals surface area contributed by atoms with E-state index >= 15 is 0 Å². The molecule has 92 valence electrons. The van der Waals surface area contributed by atoms with Crippen molar-refractivity contribution in [3.05, 3.63) is 46.1 Å². The molecule has 6 heteroatoms. The third kappa shape index (κ3) is 2.19. The summed E-state index contributed by atoms with van der Waals surface area (Å²) in [4.78, 5) is 5.28. The van der Waals surface area contributed by atoms with E-state index in [2.05, 4.69) is 10.1 Å². The average molecular weight is 279 g/mol. The number of hydrogen-bond acceptors (Lipinski definition) is 4. The summed E-state index contributed by atoms with van der Waals surface area (Å²) in [7, 11) is 0. The number of nitrogens with two attached hydrogens (primary N) is 1. The molecule has 2 heterocycles. The molecule has 0 aliphatic heterocycles. The molecule has 0 unspecified atom stereocenters. The maximum atomic E-state index is 5.84. The van der Waals surface area contributed by atoms with Crippen LogP contribution in [0.5, 0.6) is 0 Å². The minimum Gasteiger partial charge on any atom is -0.383 e. The van der Waals surface area contributed by atoms with Crippen molar-refractivity contribution in [1.29, 1.82) is 0 Å². The third-order valence-corrected chi connectivity index (χ3v) is 3.79. The van der Waals surface area contributed by atoms with Gasteiger partial charge in [-0.1, -0.05) is 23.7 Å². The quantitative estimate of drug-likeness (QED) is 0.801. The van der Waals surface area contributed by atoms with Crippen molar-refractivity contribution >= 4 is 33.7 Å². The van der Waals surface area contributed by atoms with Gasteiger partial charge in [-0.25, -0.2) is 4.98 Å². The van der Waals surface area contributed by atoms with Gasteiger partial charge in [0.2, 0.25) is 4.96 Å². The van der Waals surface area contributed by atoms with Crippen molar-refractivity contribution in [2.75, 3.05) is 5.73 Å². The molecular weight excluding hydrogens is 268 g/mol. The van der Waals surface area contributed by atoms with Crippen LogP contribution in [0.15, 0.2) is 29.6 Å². The molecule has 0 amide bonds. The van der Waals surface area contributed by atoms with E-state index in [1.807, 2.05) is 29.6 Å². The molecule has 3 aromatic rings. The first-order chi connectivity index (χ1) is 8.72. The number of fused-ring (bicyclic) bond motifs is 1. The maximum absolute atomic E-state index is 5.84. The van der Waals surface area contributed by atoms with E-state index in [-0.39, 0.29) is 0 Å². The highest BCUT2D eigenvalue weighted by molar-refractivity contribution is 7.15. The number of halogens is 1. The van der Waals surface area contributed by atoms with E-state index < -0.39 is 0 Å². The Morgan fingerprint density at radius 1 is 1.22 bits per heavy atom. The Labute approximate surface area is 113 Å². The number of anilines is 1. The van der Waals surface area contributed by atoms with E-state index in [9.17, 15) is 0 Å². The maximum Gasteiger partial charge on any atom is 0.214 e. The van der Waals surface area contributed by atoms with Crippen LogP contribution >= 0.6 is 22.9 Å². The molecule has 4 nitrogen and oxygen atoms in total. The van der Waals surface area contributed by atoms with Crippen LogP contribution < -0.4 is 5.73 Å². The van der Waals surface area contributed by atoms with E-state index in [1.165, 1.54) is 16.9 Å². The molecule has 0 bridgehead atoms. The molecule has 0 fully saturated rings. The van der Waals surface area contributed by atoms with Crippen molar-refractivity contribution in [2.24, 2.45) is 0 Å². The lowest BCUT2D eigenvalue weighted by molar-refractivity contribution is 0.842. The van der Waals surface area contributed by atoms with E-state index in [4.69, 9.17) is 17.3 Å². The fourth-order valence-electron chi connectivity index (χ4n) is 1.76. The summed E-state index contributed by atoms with van der Waals surface area (Å²) in [5.74, 6) is 1.46. The zero-order valence-corrected chi connectivity index (χ0v) is 11.1. The topological polar surface area (TPSA) is 56.2 Å². The SMILES string of the molecule is Nc1csc2nc(CCc3ccc(Cl)cc3)nn12. The Kier molecular flexibility index (Phi) is 2.93. The van der Waals surface area contributed by atoms with Gasteiger partial charge in [-0.3, -0.25) is 0 Å². The highest BCUT2D eigenvalue weighted by Crippen LogP contribution is 2.16. The summed E-state index contributed by atoms with van der Waals surface area (Å²) in [5.41, 5.74) is 7.00. The van der Waals surface area contributed by atoms with Gasteiger partial charge in [-0.15, -0.1) is 16.4 Å². The second-order valence-corrected chi connectivity index (χ2v) is 5.28. The lowest BCUT2D eigenvalue weighted by Gasteiger charge is -1.98. The minimum atomic E-state index is 0.639. The largest absolute Gasteiger partial charge is 0.383 e. The fraction of sp³-hybridized carbons (Fsp3) is 0.167. The molecule has 2 N–H and O–H groups in total. The Balaban J connectivity index is 1.74. The Bertz CT molecular complexity index is 671. The van der Waals surface area contributed by atoms with Crippen molar-refractivity contribution in [3.63, 3.8) is 0 Å². The van der Waals surface area contributed by atoms with Crippen molar-refractivity contribution in [1.82, 2.24) is 14.6 Å².